The molecule has 0 amide bonds. The standard InChI is InChI=1S/C21H20BrN5O.3H2/c22-15-11-16(21(23)25-12-15)20(28)17-7-4-8-19(26-17)27-10-9-24-18(13-27)14-5-2-1-3-6-14;;;/h1-8,11-12,18,24H,9-10,13H2,(H2,23,25);3*1H. The van der Waals surface area contributed by atoms with Crippen molar-refractivity contribution in [2.45, 2.75) is 6.04 Å². The molecule has 3 heterocycles. The number of halogens is 1. The molecule has 0 radical (unpaired) electrons. The van der Waals surface area contributed by atoms with Crippen LogP contribution >= 0.6 is 15.9 Å². The van der Waals surface area contributed by atoms with E-state index in [1.165, 1.54) is 5.56 Å². The molecule has 1 aliphatic rings. The Balaban J connectivity index is 0.00000160. The number of hydrogen-bond acceptors (Lipinski definition) is 6. The Bertz CT molecular complexity index is 1010. The molecule has 1 aliphatic heterocycles. The lowest BCUT2D eigenvalue weighted by Gasteiger charge is -2.35. The van der Waals surface area contributed by atoms with E-state index in [1.807, 2.05) is 30.3 Å². The first kappa shape index (κ1) is 18.6. The second-order valence-corrected chi connectivity index (χ2v) is 7.58. The summed E-state index contributed by atoms with van der Waals surface area (Å²) in [7, 11) is 0. The molecule has 148 valence electrons. The Labute approximate surface area is 176 Å². The predicted molar refractivity (Wildman–Crippen MR) is 120 cm³/mol. The number of aromatic nitrogens is 2. The molecule has 0 spiro atoms. The summed E-state index contributed by atoms with van der Waals surface area (Å²) in [5, 5.41) is 3.55. The molecule has 1 atom stereocenters. The topological polar surface area (TPSA) is 84.1 Å². The Morgan fingerprint density at radius 2 is 2.04 bits per heavy atom. The molecule has 1 saturated heterocycles. The lowest BCUT2D eigenvalue weighted by Crippen LogP contribution is -2.46. The van der Waals surface area contributed by atoms with Crippen LogP contribution in [0.1, 0.15) is 31.9 Å². The molecular formula is C21H26BrN5O. The molecule has 0 aliphatic carbocycles. The summed E-state index contributed by atoms with van der Waals surface area (Å²) in [6.45, 7) is 2.46. The predicted octanol–water partition coefficient (Wildman–Crippen LogP) is 3.94. The monoisotopic (exact) mass is 443 g/mol. The average molecular weight is 444 g/mol. The number of nitrogens with one attached hydrogen (secondary N) is 1. The number of piperazine rings is 1. The zero-order valence-corrected chi connectivity index (χ0v) is 16.8. The van der Waals surface area contributed by atoms with Crippen molar-refractivity contribution in [2.75, 3.05) is 30.3 Å². The minimum Gasteiger partial charge on any atom is -0.383 e. The van der Waals surface area contributed by atoms with E-state index in [4.69, 9.17) is 5.73 Å². The molecule has 3 N–H and O–H groups in total. The third kappa shape index (κ3) is 3.90. The minimum atomic E-state index is -0.233. The van der Waals surface area contributed by atoms with E-state index in [1.54, 1.807) is 18.3 Å². The van der Waals surface area contributed by atoms with Gasteiger partial charge in [-0.25, -0.2) is 9.97 Å². The maximum Gasteiger partial charge on any atom is 0.215 e. The number of benzene rings is 1. The van der Waals surface area contributed by atoms with Gasteiger partial charge in [0.2, 0.25) is 5.78 Å². The van der Waals surface area contributed by atoms with Gasteiger partial charge in [-0.15, -0.1) is 0 Å². The first-order valence-corrected chi connectivity index (χ1v) is 9.87. The molecule has 7 heteroatoms. The number of anilines is 2. The maximum atomic E-state index is 12.9. The van der Waals surface area contributed by atoms with Crippen LogP contribution in [0.15, 0.2) is 65.3 Å². The quantitative estimate of drug-likeness (QED) is 0.593. The zero-order chi connectivity index (χ0) is 19.5. The molecule has 1 unspecified atom stereocenters. The summed E-state index contributed by atoms with van der Waals surface area (Å²) < 4.78 is 0.703. The number of carbonyl (C=O) groups is 1. The molecular weight excluding hydrogens is 418 g/mol. The van der Waals surface area contributed by atoms with E-state index >= 15 is 0 Å². The number of ketones is 1. The van der Waals surface area contributed by atoms with Crippen LogP contribution < -0.4 is 16.0 Å². The Morgan fingerprint density at radius 1 is 1.21 bits per heavy atom. The summed E-state index contributed by atoms with van der Waals surface area (Å²) in [5.41, 5.74) is 7.84. The Hall–Kier alpha value is -2.77. The van der Waals surface area contributed by atoms with Gasteiger partial charge in [-0.05, 0) is 39.7 Å². The lowest BCUT2D eigenvalue weighted by atomic mass is 10.0. The highest BCUT2D eigenvalue weighted by Gasteiger charge is 2.23. The SMILES string of the molecule is Nc1ncc(Br)cc1C(=O)c1cccc(N2CCNC(c3ccccc3)C2)n1.[HH].[HH].[HH]. The summed E-state index contributed by atoms with van der Waals surface area (Å²) in [4.78, 5) is 23.8. The number of carbonyl (C=O) groups excluding carboxylic acids is 1. The first-order chi connectivity index (χ1) is 13.6. The van der Waals surface area contributed by atoms with Gasteiger partial charge in [0.05, 0.1) is 5.56 Å². The minimum absolute atomic E-state index is 0. The van der Waals surface area contributed by atoms with E-state index in [2.05, 4.69) is 48.2 Å². The summed E-state index contributed by atoms with van der Waals surface area (Å²) in [6.07, 6.45) is 1.57. The third-order valence-corrected chi connectivity index (χ3v) is 5.23. The van der Waals surface area contributed by atoms with Crippen LogP contribution in [0.3, 0.4) is 0 Å². The lowest BCUT2D eigenvalue weighted by molar-refractivity contribution is 0.103. The van der Waals surface area contributed by atoms with Gasteiger partial charge in [-0.3, -0.25) is 4.79 Å². The number of pyridine rings is 2. The second-order valence-electron chi connectivity index (χ2n) is 6.66. The second kappa shape index (κ2) is 8.08. The largest absolute Gasteiger partial charge is 0.383 e. The number of nitrogens with zero attached hydrogens (tertiary/aromatic N) is 3. The van der Waals surface area contributed by atoms with Crippen molar-refractivity contribution in [3.63, 3.8) is 0 Å². The number of nitrogens with two attached hydrogens (primary N) is 1. The highest BCUT2D eigenvalue weighted by molar-refractivity contribution is 9.10. The molecule has 0 bridgehead atoms. The smallest absolute Gasteiger partial charge is 0.215 e. The molecule has 1 aromatic carbocycles. The summed E-state index contributed by atoms with van der Waals surface area (Å²) in [6, 6.07) is 17.8. The molecule has 1 fully saturated rings. The highest BCUT2D eigenvalue weighted by Crippen LogP contribution is 2.23. The van der Waals surface area contributed by atoms with E-state index in [0.29, 0.717) is 15.7 Å². The molecule has 6 nitrogen and oxygen atoms in total. The number of rotatable bonds is 4. The van der Waals surface area contributed by atoms with Crippen LogP contribution in [0, 0.1) is 0 Å². The zero-order valence-electron chi connectivity index (χ0n) is 15.2. The Morgan fingerprint density at radius 3 is 2.86 bits per heavy atom. The molecule has 2 aromatic heterocycles. The number of hydrogen-bond donors (Lipinski definition) is 2. The van der Waals surface area contributed by atoms with E-state index in [0.717, 1.165) is 25.5 Å². The van der Waals surface area contributed by atoms with Gasteiger partial charge in [0.15, 0.2) is 0 Å². The van der Waals surface area contributed by atoms with Crippen molar-refractivity contribution in [3.05, 3.63) is 82.1 Å². The van der Waals surface area contributed by atoms with E-state index in [9.17, 15) is 4.79 Å². The molecule has 0 saturated carbocycles. The average Bonchev–Trinajstić information content (AvgIpc) is 2.76. The van der Waals surface area contributed by atoms with Gasteiger partial charge in [-0.1, -0.05) is 36.4 Å². The highest BCUT2D eigenvalue weighted by atomic mass is 79.9. The van der Waals surface area contributed by atoms with Crippen LogP contribution in [0.25, 0.3) is 0 Å². The number of nitrogen functional groups attached to an aromatic ring is 1. The van der Waals surface area contributed by atoms with Crippen LogP contribution in [-0.2, 0) is 0 Å². The van der Waals surface area contributed by atoms with Crippen molar-refractivity contribution >= 4 is 33.3 Å². The summed E-state index contributed by atoms with van der Waals surface area (Å²) in [5.74, 6) is 0.754. The van der Waals surface area contributed by atoms with Crippen LogP contribution in [0.4, 0.5) is 11.6 Å². The van der Waals surface area contributed by atoms with E-state index in [-0.39, 0.29) is 21.9 Å². The van der Waals surface area contributed by atoms with Crippen LogP contribution in [-0.4, -0.2) is 35.4 Å². The fourth-order valence-corrected chi connectivity index (χ4v) is 3.69. The van der Waals surface area contributed by atoms with Gasteiger partial charge in [0, 0.05) is 40.6 Å². The molecule has 3 aromatic rings. The van der Waals surface area contributed by atoms with Crippen LogP contribution in [0.5, 0.6) is 0 Å². The van der Waals surface area contributed by atoms with Gasteiger partial charge in [0.1, 0.15) is 17.3 Å². The van der Waals surface area contributed by atoms with Crippen molar-refractivity contribution in [2.24, 2.45) is 0 Å². The maximum absolute atomic E-state index is 12.9. The fraction of sp³-hybridized carbons (Fsp3) is 0.190. The first-order valence-electron chi connectivity index (χ1n) is 9.08. The molecule has 28 heavy (non-hydrogen) atoms. The van der Waals surface area contributed by atoms with Crippen LogP contribution in [0.2, 0.25) is 0 Å². The van der Waals surface area contributed by atoms with Gasteiger partial charge < -0.3 is 16.0 Å². The van der Waals surface area contributed by atoms with Crippen molar-refractivity contribution in [3.8, 4) is 0 Å². The summed E-state index contributed by atoms with van der Waals surface area (Å²) >= 11 is 3.34. The van der Waals surface area contributed by atoms with Crippen molar-refractivity contribution in [1.29, 1.82) is 0 Å². The third-order valence-electron chi connectivity index (χ3n) is 4.80. The Kier molecular flexibility index (Phi) is 5.36. The van der Waals surface area contributed by atoms with Crippen molar-refractivity contribution in [1.82, 2.24) is 15.3 Å². The molecule has 4 rings (SSSR count). The van der Waals surface area contributed by atoms with E-state index < -0.39 is 0 Å². The van der Waals surface area contributed by atoms with Gasteiger partial charge in [-0.2, -0.15) is 0 Å². The fourth-order valence-electron chi connectivity index (χ4n) is 3.36. The van der Waals surface area contributed by atoms with Gasteiger partial charge >= 0.3 is 0 Å². The van der Waals surface area contributed by atoms with Gasteiger partial charge in [0.25, 0.3) is 0 Å². The normalized spacial score (nSPS) is 16.8. The van der Waals surface area contributed by atoms with Crippen molar-refractivity contribution < 1.29 is 9.07 Å².